The number of ether oxygens (including phenoxy) is 2. The fraction of sp³-hybridized carbons (Fsp3) is 0.308. The lowest BCUT2D eigenvalue weighted by Crippen LogP contribution is -2.13. The van der Waals surface area contributed by atoms with Crippen molar-refractivity contribution < 1.29 is 14.3 Å². The van der Waals surface area contributed by atoms with Crippen LogP contribution in [0.4, 0.5) is 0 Å². The summed E-state index contributed by atoms with van der Waals surface area (Å²) in [6.07, 6.45) is 3.19. The van der Waals surface area contributed by atoms with E-state index < -0.39 is 0 Å². The Morgan fingerprint density at radius 2 is 2.18 bits per heavy atom. The van der Waals surface area contributed by atoms with E-state index in [-0.39, 0.29) is 5.91 Å². The van der Waals surface area contributed by atoms with Crippen molar-refractivity contribution in [1.82, 2.24) is 5.32 Å². The molecule has 1 amide bonds. The van der Waals surface area contributed by atoms with Crippen molar-refractivity contribution in [2.45, 2.75) is 6.92 Å². The van der Waals surface area contributed by atoms with Crippen LogP contribution in [-0.2, 0) is 4.79 Å². The Hall–Kier alpha value is -1.97. The van der Waals surface area contributed by atoms with E-state index in [4.69, 9.17) is 9.47 Å². The number of rotatable bonds is 5. The van der Waals surface area contributed by atoms with Crippen molar-refractivity contribution in [3.05, 3.63) is 29.8 Å². The number of benzene rings is 1. The monoisotopic (exact) mass is 235 g/mol. The molecule has 0 spiro atoms. The van der Waals surface area contributed by atoms with Gasteiger partial charge in [-0.25, -0.2) is 0 Å². The molecule has 0 aliphatic rings. The van der Waals surface area contributed by atoms with Crippen molar-refractivity contribution >= 4 is 12.0 Å². The van der Waals surface area contributed by atoms with E-state index in [1.807, 2.05) is 25.1 Å². The number of amides is 1. The third-order valence-electron chi connectivity index (χ3n) is 2.16. The summed E-state index contributed by atoms with van der Waals surface area (Å²) in [7, 11) is 3.18. The zero-order valence-corrected chi connectivity index (χ0v) is 10.3. The third-order valence-corrected chi connectivity index (χ3v) is 2.16. The molecule has 1 rings (SSSR count). The van der Waals surface area contributed by atoms with Crippen LogP contribution < -0.4 is 14.8 Å². The number of nitrogens with one attached hydrogen (secondary N) is 1. The second kappa shape index (κ2) is 6.58. The number of carbonyl (C=O) groups excluding carboxylic acids is 1. The number of hydrogen-bond acceptors (Lipinski definition) is 3. The Labute approximate surface area is 101 Å². The molecular formula is C13H17NO3. The highest BCUT2D eigenvalue weighted by Crippen LogP contribution is 2.28. The molecule has 0 atom stereocenters. The highest BCUT2D eigenvalue weighted by atomic mass is 16.5. The van der Waals surface area contributed by atoms with Crippen molar-refractivity contribution in [2.75, 3.05) is 20.8 Å². The molecule has 0 bridgehead atoms. The van der Waals surface area contributed by atoms with Crippen LogP contribution in [0.25, 0.3) is 6.08 Å². The van der Waals surface area contributed by atoms with Gasteiger partial charge in [0.15, 0.2) is 11.5 Å². The van der Waals surface area contributed by atoms with Gasteiger partial charge in [-0.2, -0.15) is 0 Å². The van der Waals surface area contributed by atoms with Gasteiger partial charge >= 0.3 is 0 Å². The standard InChI is InChI=1S/C13H17NO3/c1-4-17-12-9-10(5-7-11(12)16-3)6-8-13(15)14-2/h5-9H,4H2,1-3H3,(H,14,15)/b8-6+. The minimum atomic E-state index is -0.140. The maximum absolute atomic E-state index is 11.1. The fourth-order valence-corrected chi connectivity index (χ4v) is 1.32. The molecule has 0 heterocycles. The van der Waals surface area contributed by atoms with Crippen molar-refractivity contribution in [3.63, 3.8) is 0 Å². The minimum Gasteiger partial charge on any atom is -0.493 e. The number of hydrogen-bond donors (Lipinski definition) is 1. The smallest absolute Gasteiger partial charge is 0.243 e. The molecule has 0 unspecified atom stereocenters. The van der Waals surface area contributed by atoms with E-state index in [9.17, 15) is 4.79 Å². The zero-order valence-electron chi connectivity index (χ0n) is 10.3. The number of carbonyl (C=O) groups is 1. The maximum Gasteiger partial charge on any atom is 0.243 e. The molecule has 0 fully saturated rings. The van der Waals surface area contributed by atoms with Crippen LogP contribution in [0.5, 0.6) is 11.5 Å². The van der Waals surface area contributed by atoms with E-state index >= 15 is 0 Å². The SMILES string of the molecule is CCOc1cc(/C=C/C(=O)NC)ccc1OC. The summed E-state index contributed by atoms with van der Waals surface area (Å²) in [5.41, 5.74) is 0.887. The molecule has 4 heteroatoms. The second-order valence-electron chi connectivity index (χ2n) is 3.29. The summed E-state index contributed by atoms with van der Waals surface area (Å²) in [4.78, 5) is 11.1. The van der Waals surface area contributed by atoms with E-state index in [1.54, 1.807) is 20.2 Å². The number of methoxy groups -OCH3 is 1. The van der Waals surface area contributed by atoms with Gasteiger partial charge in [0.1, 0.15) is 0 Å². The van der Waals surface area contributed by atoms with E-state index in [0.29, 0.717) is 18.1 Å². The average molecular weight is 235 g/mol. The van der Waals surface area contributed by atoms with E-state index in [2.05, 4.69) is 5.32 Å². The lowest BCUT2D eigenvalue weighted by Gasteiger charge is -2.09. The van der Waals surface area contributed by atoms with Crippen LogP contribution in [-0.4, -0.2) is 26.7 Å². The quantitative estimate of drug-likeness (QED) is 0.792. The first-order valence-corrected chi connectivity index (χ1v) is 5.42. The lowest BCUT2D eigenvalue weighted by atomic mass is 10.2. The Morgan fingerprint density at radius 3 is 2.76 bits per heavy atom. The van der Waals surface area contributed by atoms with E-state index in [0.717, 1.165) is 5.56 Å². The van der Waals surface area contributed by atoms with Crippen LogP contribution in [0, 0.1) is 0 Å². The molecule has 0 saturated heterocycles. The van der Waals surface area contributed by atoms with Gasteiger partial charge in [0.2, 0.25) is 5.91 Å². The number of likely N-dealkylation sites (N-methyl/N-ethyl adjacent to an activating group) is 1. The first-order valence-electron chi connectivity index (χ1n) is 5.42. The molecule has 92 valence electrons. The normalized spacial score (nSPS) is 10.3. The predicted molar refractivity (Wildman–Crippen MR) is 67.3 cm³/mol. The van der Waals surface area contributed by atoms with Crippen LogP contribution in [0.2, 0.25) is 0 Å². The van der Waals surface area contributed by atoms with Gasteiger partial charge in [0.05, 0.1) is 13.7 Å². The van der Waals surface area contributed by atoms with Crippen LogP contribution >= 0.6 is 0 Å². The third kappa shape index (κ3) is 3.83. The lowest BCUT2D eigenvalue weighted by molar-refractivity contribution is -0.115. The summed E-state index contributed by atoms with van der Waals surface area (Å²) in [5.74, 6) is 1.22. The van der Waals surface area contributed by atoms with Gasteiger partial charge in [-0.3, -0.25) is 4.79 Å². The van der Waals surface area contributed by atoms with Crippen molar-refractivity contribution in [3.8, 4) is 11.5 Å². The molecule has 0 radical (unpaired) electrons. The summed E-state index contributed by atoms with van der Waals surface area (Å²) in [6, 6.07) is 5.51. The molecule has 4 nitrogen and oxygen atoms in total. The first kappa shape index (κ1) is 13.1. The fourth-order valence-electron chi connectivity index (χ4n) is 1.32. The molecule has 0 aromatic heterocycles. The van der Waals surface area contributed by atoms with Crippen molar-refractivity contribution in [1.29, 1.82) is 0 Å². The molecule has 0 aliphatic carbocycles. The highest BCUT2D eigenvalue weighted by Gasteiger charge is 2.03. The Kier molecular flexibility index (Phi) is 5.07. The first-order chi connectivity index (χ1) is 8.21. The minimum absolute atomic E-state index is 0.140. The summed E-state index contributed by atoms with van der Waals surface area (Å²) in [6.45, 7) is 2.48. The molecule has 0 saturated carbocycles. The van der Waals surface area contributed by atoms with Crippen LogP contribution in [0.15, 0.2) is 24.3 Å². The average Bonchev–Trinajstić information content (AvgIpc) is 2.36. The largest absolute Gasteiger partial charge is 0.493 e. The topological polar surface area (TPSA) is 47.6 Å². The molecule has 1 N–H and O–H groups in total. The highest BCUT2D eigenvalue weighted by molar-refractivity contribution is 5.91. The Bertz CT molecular complexity index is 413. The second-order valence-corrected chi connectivity index (χ2v) is 3.29. The van der Waals surface area contributed by atoms with E-state index in [1.165, 1.54) is 6.08 Å². The van der Waals surface area contributed by atoms with Crippen molar-refractivity contribution in [2.24, 2.45) is 0 Å². The Balaban J connectivity index is 2.91. The van der Waals surface area contributed by atoms with Gasteiger partial charge in [-0.1, -0.05) is 6.07 Å². The maximum atomic E-state index is 11.1. The van der Waals surface area contributed by atoms with Crippen LogP contribution in [0.1, 0.15) is 12.5 Å². The van der Waals surface area contributed by atoms with Gasteiger partial charge in [0, 0.05) is 13.1 Å². The zero-order chi connectivity index (χ0) is 12.7. The molecular weight excluding hydrogens is 218 g/mol. The molecule has 1 aromatic rings. The van der Waals surface area contributed by atoms with Gasteiger partial charge in [0.25, 0.3) is 0 Å². The Morgan fingerprint density at radius 1 is 1.41 bits per heavy atom. The molecule has 17 heavy (non-hydrogen) atoms. The van der Waals surface area contributed by atoms with Crippen LogP contribution in [0.3, 0.4) is 0 Å². The molecule has 1 aromatic carbocycles. The molecule has 0 aliphatic heterocycles. The van der Waals surface area contributed by atoms with Gasteiger partial charge in [-0.05, 0) is 30.7 Å². The summed E-state index contributed by atoms with van der Waals surface area (Å²) >= 11 is 0. The summed E-state index contributed by atoms with van der Waals surface area (Å²) < 4.78 is 10.6. The predicted octanol–water partition coefficient (Wildman–Crippen LogP) is 1.85. The summed E-state index contributed by atoms with van der Waals surface area (Å²) in [5, 5.41) is 2.52. The van der Waals surface area contributed by atoms with Gasteiger partial charge in [-0.15, -0.1) is 0 Å². The van der Waals surface area contributed by atoms with Gasteiger partial charge < -0.3 is 14.8 Å².